The second kappa shape index (κ2) is 6.02. The lowest BCUT2D eigenvalue weighted by Crippen LogP contribution is -2.62. The van der Waals surface area contributed by atoms with Crippen molar-refractivity contribution in [3.8, 4) is 0 Å². The molecule has 4 heteroatoms. The van der Waals surface area contributed by atoms with E-state index in [1.165, 1.54) is 52.1 Å². The van der Waals surface area contributed by atoms with Gasteiger partial charge in [0, 0.05) is 18.6 Å². The maximum atomic E-state index is 12.5. The quantitative estimate of drug-likeness (QED) is 0.635. The van der Waals surface area contributed by atoms with Gasteiger partial charge in [-0.1, -0.05) is 25.7 Å². The molecular formula is C16H28N2O2. The minimum atomic E-state index is -0.430. The average Bonchev–Trinajstić information content (AvgIpc) is 2.96. The van der Waals surface area contributed by atoms with E-state index in [1.807, 2.05) is 0 Å². The molecule has 2 atom stereocenters. The van der Waals surface area contributed by atoms with E-state index in [9.17, 15) is 4.79 Å². The van der Waals surface area contributed by atoms with Crippen LogP contribution in [0.1, 0.15) is 57.8 Å². The molecule has 3 rings (SSSR count). The Bertz CT molecular complexity index is 352. The molecule has 0 bridgehead atoms. The smallest absolute Gasteiger partial charge is 0.327 e. The Morgan fingerprint density at radius 3 is 2.55 bits per heavy atom. The van der Waals surface area contributed by atoms with Crippen molar-refractivity contribution in [1.82, 2.24) is 10.2 Å². The second-order valence-corrected chi connectivity index (χ2v) is 6.74. The normalized spacial score (nSPS) is 35.8. The number of hydrogen-bond acceptors (Lipinski definition) is 4. The first-order chi connectivity index (χ1) is 9.76. The van der Waals surface area contributed by atoms with E-state index in [4.69, 9.17) is 4.74 Å². The zero-order chi connectivity index (χ0) is 14.0. The number of methoxy groups -OCH3 is 1. The summed E-state index contributed by atoms with van der Waals surface area (Å²) in [4.78, 5) is 15.0. The first kappa shape index (κ1) is 14.3. The van der Waals surface area contributed by atoms with Crippen molar-refractivity contribution in [1.29, 1.82) is 0 Å². The highest BCUT2D eigenvalue weighted by molar-refractivity contribution is 5.82. The summed E-state index contributed by atoms with van der Waals surface area (Å²) in [6.07, 6.45) is 11.0. The number of rotatable bonds is 3. The molecule has 114 valence electrons. The summed E-state index contributed by atoms with van der Waals surface area (Å²) in [5.74, 6) is -0.0313. The molecule has 4 nitrogen and oxygen atoms in total. The zero-order valence-corrected chi connectivity index (χ0v) is 12.7. The molecule has 0 aromatic rings. The third kappa shape index (κ3) is 2.48. The first-order valence-corrected chi connectivity index (χ1v) is 8.36. The van der Waals surface area contributed by atoms with E-state index < -0.39 is 5.54 Å². The van der Waals surface area contributed by atoms with E-state index in [1.54, 1.807) is 0 Å². The van der Waals surface area contributed by atoms with Gasteiger partial charge in [-0.2, -0.15) is 0 Å². The van der Waals surface area contributed by atoms with Gasteiger partial charge in [-0.15, -0.1) is 0 Å². The Morgan fingerprint density at radius 1 is 1.10 bits per heavy atom. The largest absolute Gasteiger partial charge is 0.468 e. The molecule has 0 radical (unpaired) electrons. The lowest BCUT2D eigenvalue weighted by molar-refractivity contribution is -0.150. The van der Waals surface area contributed by atoms with E-state index >= 15 is 0 Å². The van der Waals surface area contributed by atoms with Crippen molar-refractivity contribution >= 4 is 5.97 Å². The van der Waals surface area contributed by atoms with Crippen LogP contribution in [0.4, 0.5) is 0 Å². The van der Waals surface area contributed by atoms with Gasteiger partial charge in [-0.25, -0.2) is 4.79 Å². The predicted molar refractivity (Wildman–Crippen MR) is 78.6 cm³/mol. The van der Waals surface area contributed by atoms with Crippen LogP contribution in [0.25, 0.3) is 0 Å². The molecule has 0 aromatic heterocycles. The molecule has 3 aliphatic rings. The number of carbonyl (C=O) groups excluding carboxylic acids is 1. The topological polar surface area (TPSA) is 41.6 Å². The monoisotopic (exact) mass is 280 g/mol. The van der Waals surface area contributed by atoms with Crippen LogP contribution in [0.15, 0.2) is 0 Å². The van der Waals surface area contributed by atoms with Gasteiger partial charge in [0.25, 0.3) is 0 Å². The van der Waals surface area contributed by atoms with Crippen LogP contribution in [0, 0.1) is 0 Å². The van der Waals surface area contributed by atoms with E-state index in [2.05, 4.69) is 10.2 Å². The molecule has 1 aliphatic carbocycles. The van der Waals surface area contributed by atoms with E-state index in [0.29, 0.717) is 12.1 Å². The highest BCUT2D eigenvalue weighted by atomic mass is 16.5. The predicted octanol–water partition coefficient (Wildman–Crippen LogP) is 2.08. The van der Waals surface area contributed by atoms with Crippen LogP contribution in [0.2, 0.25) is 0 Å². The fraction of sp³-hybridized carbons (Fsp3) is 0.938. The van der Waals surface area contributed by atoms with Crippen LogP contribution in [-0.2, 0) is 9.53 Å². The molecule has 0 spiro atoms. The van der Waals surface area contributed by atoms with Gasteiger partial charge in [-0.05, 0) is 38.6 Å². The van der Waals surface area contributed by atoms with Crippen LogP contribution in [0.3, 0.4) is 0 Å². The van der Waals surface area contributed by atoms with Crippen molar-refractivity contribution in [2.45, 2.75) is 75.4 Å². The highest BCUT2D eigenvalue weighted by Gasteiger charge is 2.55. The summed E-state index contributed by atoms with van der Waals surface area (Å²) in [5.41, 5.74) is -0.430. The van der Waals surface area contributed by atoms with Gasteiger partial charge in [0.2, 0.25) is 0 Å². The maximum Gasteiger partial charge on any atom is 0.327 e. The van der Waals surface area contributed by atoms with Crippen molar-refractivity contribution in [3.63, 3.8) is 0 Å². The number of fused-ring (bicyclic) bond motifs is 1. The summed E-state index contributed by atoms with van der Waals surface area (Å²) in [6, 6.07) is 0.857. The van der Waals surface area contributed by atoms with Gasteiger partial charge < -0.3 is 4.74 Å². The van der Waals surface area contributed by atoms with Crippen LogP contribution < -0.4 is 5.32 Å². The standard InChI is InChI=1S/C16H28N2O2/c1-20-15(19)16(10-12-18-11-6-9-14(16)18)17-13-7-4-2-3-5-8-13/h13-14,17H,2-12H2,1H3. The van der Waals surface area contributed by atoms with E-state index in [0.717, 1.165) is 25.9 Å². The number of ether oxygens (including phenoxy) is 1. The summed E-state index contributed by atoms with van der Waals surface area (Å²) >= 11 is 0. The van der Waals surface area contributed by atoms with E-state index in [-0.39, 0.29) is 5.97 Å². The molecule has 2 saturated heterocycles. The highest BCUT2D eigenvalue weighted by Crippen LogP contribution is 2.38. The fourth-order valence-corrected chi connectivity index (χ4v) is 4.57. The molecule has 2 aliphatic heterocycles. The van der Waals surface area contributed by atoms with Crippen molar-refractivity contribution in [2.75, 3.05) is 20.2 Å². The minimum Gasteiger partial charge on any atom is -0.468 e. The molecule has 0 aromatic carbocycles. The number of esters is 1. The number of carbonyl (C=O) groups is 1. The number of nitrogens with zero attached hydrogens (tertiary/aromatic N) is 1. The molecule has 1 saturated carbocycles. The fourth-order valence-electron chi connectivity index (χ4n) is 4.57. The Labute approximate surface area is 122 Å². The van der Waals surface area contributed by atoms with Gasteiger partial charge >= 0.3 is 5.97 Å². The number of nitrogens with one attached hydrogen (secondary N) is 1. The molecule has 2 heterocycles. The molecule has 20 heavy (non-hydrogen) atoms. The Balaban J connectivity index is 1.77. The summed E-state index contributed by atoms with van der Waals surface area (Å²) in [7, 11) is 1.54. The Kier molecular flexibility index (Phi) is 4.32. The maximum absolute atomic E-state index is 12.5. The molecule has 1 N–H and O–H groups in total. The van der Waals surface area contributed by atoms with Crippen molar-refractivity contribution < 1.29 is 9.53 Å². The average molecular weight is 280 g/mol. The lowest BCUT2D eigenvalue weighted by atomic mass is 9.86. The summed E-state index contributed by atoms with van der Waals surface area (Å²) in [5, 5.41) is 3.78. The third-order valence-corrected chi connectivity index (χ3v) is 5.59. The van der Waals surface area contributed by atoms with Gasteiger partial charge in [-0.3, -0.25) is 10.2 Å². The van der Waals surface area contributed by atoms with Gasteiger partial charge in [0.1, 0.15) is 5.54 Å². The minimum absolute atomic E-state index is 0.0313. The molecule has 0 amide bonds. The third-order valence-electron chi connectivity index (χ3n) is 5.59. The summed E-state index contributed by atoms with van der Waals surface area (Å²) < 4.78 is 5.19. The Morgan fingerprint density at radius 2 is 1.85 bits per heavy atom. The number of hydrogen-bond donors (Lipinski definition) is 1. The van der Waals surface area contributed by atoms with Gasteiger partial charge in [0.15, 0.2) is 0 Å². The molecular weight excluding hydrogens is 252 g/mol. The SMILES string of the molecule is COC(=O)C1(NC2CCCCCC2)CCN2CCCC21. The molecule has 2 unspecified atom stereocenters. The first-order valence-electron chi connectivity index (χ1n) is 8.36. The van der Waals surface area contributed by atoms with Crippen molar-refractivity contribution in [2.24, 2.45) is 0 Å². The van der Waals surface area contributed by atoms with Crippen LogP contribution >= 0.6 is 0 Å². The van der Waals surface area contributed by atoms with Crippen molar-refractivity contribution in [3.05, 3.63) is 0 Å². The lowest BCUT2D eigenvalue weighted by Gasteiger charge is -2.37. The Hall–Kier alpha value is -0.610. The molecule has 3 fully saturated rings. The summed E-state index contributed by atoms with van der Waals surface area (Å²) in [6.45, 7) is 2.19. The van der Waals surface area contributed by atoms with Crippen LogP contribution in [-0.4, -0.2) is 48.7 Å². The second-order valence-electron chi connectivity index (χ2n) is 6.74. The van der Waals surface area contributed by atoms with Crippen LogP contribution in [0.5, 0.6) is 0 Å². The van der Waals surface area contributed by atoms with Gasteiger partial charge in [0.05, 0.1) is 7.11 Å². The zero-order valence-electron chi connectivity index (χ0n) is 12.7.